The molecule has 0 aliphatic carbocycles. The highest BCUT2D eigenvalue weighted by molar-refractivity contribution is 7.99. The summed E-state index contributed by atoms with van der Waals surface area (Å²) in [4.78, 5) is 19.5. The molecule has 118 valence electrons. The fourth-order valence-corrected chi connectivity index (χ4v) is 2.95. The first-order valence-corrected chi connectivity index (χ1v) is 8.24. The standard InChI is InChI=1S/C15H19N3O3S/c1-10-2-3-12-13(6-10)18-15(17-12)22-9-14(19)16-7-11-8-20-4-5-21-11/h2-3,6,11H,4-5,7-9H2,1H3,(H,16,19)(H,17,18)/t11-/m0/s1. The Balaban J connectivity index is 1.47. The van der Waals surface area contributed by atoms with Gasteiger partial charge in [-0.25, -0.2) is 4.98 Å². The van der Waals surface area contributed by atoms with E-state index in [0.29, 0.717) is 32.1 Å². The minimum absolute atomic E-state index is 0.0317. The molecule has 7 heteroatoms. The van der Waals surface area contributed by atoms with Gasteiger partial charge in [-0.05, 0) is 24.6 Å². The van der Waals surface area contributed by atoms with Gasteiger partial charge in [0, 0.05) is 6.54 Å². The number of rotatable bonds is 5. The summed E-state index contributed by atoms with van der Waals surface area (Å²) < 4.78 is 10.8. The van der Waals surface area contributed by atoms with E-state index in [1.807, 2.05) is 25.1 Å². The average Bonchev–Trinajstić information content (AvgIpc) is 2.94. The fourth-order valence-electron chi connectivity index (χ4n) is 2.24. The highest BCUT2D eigenvalue weighted by Crippen LogP contribution is 2.20. The molecule has 1 aliphatic rings. The lowest BCUT2D eigenvalue weighted by atomic mass is 10.2. The Hall–Kier alpha value is -1.57. The van der Waals surface area contributed by atoms with Gasteiger partial charge >= 0.3 is 0 Å². The van der Waals surface area contributed by atoms with Crippen LogP contribution in [0.1, 0.15) is 5.56 Å². The minimum atomic E-state index is -0.0446. The molecule has 1 aromatic heterocycles. The molecule has 1 aromatic carbocycles. The van der Waals surface area contributed by atoms with Crippen molar-refractivity contribution < 1.29 is 14.3 Å². The molecule has 3 rings (SSSR count). The zero-order valence-corrected chi connectivity index (χ0v) is 13.2. The number of nitrogens with zero attached hydrogens (tertiary/aromatic N) is 1. The number of hydrogen-bond donors (Lipinski definition) is 2. The molecular formula is C15H19N3O3S. The van der Waals surface area contributed by atoms with Crippen molar-refractivity contribution in [3.05, 3.63) is 23.8 Å². The molecule has 1 fully saturated rings. The molecule has 2 N–H and O–H groups in total. The van der Waals surface area contributed by atoms with Crippen molar-refractivity contribution in [2.45, 2.75) is 18.2 Å². The van der Waals surface area contributed by atoms with Crippen molar-refractivity contribution in [2.75, 3.05) is 32.1 Å². The van der Waals surface area contributed by atoms with Crippen molar-refractivity contribution in [3.8, 4) is 0 Å². The first-order valence-electron chi connectivity index (χ1n) is 7.26. The number of H-pyrrole nitrogens is 1. The maximum Gasteiger partial charge on any atom is 0.230 e. The topological polar surface area (TPSA) is 76.2 Å². The second-order valence-corrected chi connectivity index (χ2v) is 6.19. The van der Waals surface area contributed by atoms with Gasteiger partial charge < -0.3 is 19.8 Å². The summed E-state index contributed by atoms with van der Waals surface area (Å²) in [5.74, 6) is 0.294. The second-order valence-electron chi connectivity index (χ2n) is 5.22. The summed E-state index contributed by atoms with van der Waals surface area (Å²) in [6, 6.07) is 6.05. The monoisotopic (exact) mass is 321 g/mol. The van der Waals surface area contributed by atoms with E-state index < -0.39 is 0 Å². The third-order valence-corrected chi connectivity index (χ3v) is 4.24. The Morgan fingerprint density at radius 3 is 3.23 bits per heavy atom. The Bertz CT molecular complexity index is 653. The van der Waals surface area contributed by atoms with Gasteiger partial charge in [0.2, 0.25) is 5.91 Å². The zero-order chi connectivity index (χ0) is 15.4. The SMILES string of the molecule is Cc1ccc2nc(SCC(=O)NC[C@H]3COCCO3)[nH]c2c1. The van der Waals surface area contributed by atoms with E-state index in [4.69, 9.17) is 9.47 Å². The van der Waals surface area contributed by atoms with Crippen LogP contribution in [-0.4, -0.2) is 54.1 Å². The maximum atomic E-state index is 11.9. The van der Waals surface area contributed by atoms with Gasteiger partial charge in [0.05, 0.1) is 42.7 Å². The van der Waals surface area contributed by atoms with Crippen LogP contribution >= 0.6 is 11.8 Å². The molecule has 1 atom stereocenters. The van der Waals surface area contributed by atoms with E-state index >= 15 is 0 Å². The number of aryl methyl sites for hydroxylation is 1. The number of imidazole rings is 1. The lowest BCUT2D eigenvalue weighted by Gasteiger charge is -2.22. The van der Waals surface area contributed by atoms with E-state index in [9.17, 15) is 4.79 Å². The number of carbonyl (C=O) groups is 1. The third kappa shape index (κ3) is 4.00. The van der Waals surface area contributed by atoms with Crippen LogP contribution in [0.25, 0.3) is 11.0 Å². The van der Waals surface area contributed by atoms with Gasteiger partial charge in [0.1, 0.15) is 0 Å². The number of carbonyl (C=O) groups excluding carboxylic acids is 1. The van der Waals surface area contributed by atoms with Crippen LogP contribution in [0.15, 0.2) is 23.4 Å². The largest absolute Gasteiger partial charge is 0.376 e. The number of aromatic nitrogens is 2. The molecule has 0 unspecified atom stereocenters. The van der Waals surface area contributed by atoms with Crippen molar-refractivity contribution >= 4 is 28.7 Å². The van der Waals surface area contributed by atoms with Crippen LogP contribution in [0.5, 0.6) is 0 Å². The van der Waals surface area contributed by atoms with E-state index in [-0.39, 0.29) is 12.0 Å². The third-order valence-electron chi connectivity index (χ3n) is 3.37. The van der Waals surface area contributed by atoms with Crippen LogP contribution in [0.2, 0.25) is 0 Å². The molecule has 1 aliphatic heterocycles. The predicted molar refractivity (Wildman–Crippen MR) is 85.1 cm³/mol. The van der Waals surface area contributed by atoms with Gasteiger partial charge in [-0.15, -0.1) is 0 Å². The minimum Gasteiger partial charge on any atom is -0.376 e. The van der Waals surface area contributed by atoms with Crippen LogP contribution in [-0.2, 0) is 14.3 Å². The molecule has 0 spiro atoms. The first-order chi connectivity index (χ1) is 10.7. The highest BCUT2D eigenvalue weighted by atomic mass is 32.2. The molecule has 0 radical (unpaired) electrons. The summed E-state index contributed by atoms with van der Waals surface area (Å²) in [5, 5.41) is 3.62. The van der Waals surface area contributed by atoms with E-state index in [1.54, 1.807) is 0 Å². The van der Waals surface area contributed by atoms with Crippen LogP contribution in [0, 0.1) is 6.92 Å². The van der Waals surface area contributed by atoms with Gasteiger partial charge in [-0.1, -0.05) is 17.8 Å². The maximum absolute atomic E-state index is 11.9. The number of thioether (sulfide) groups is 1. The fraction of sp³-hybridized carbons (Fsp3) is 0.467. The summed E-state index contributed by atoms with van der Waals surface area (Å²) in [6.45, 7) is 4.28. The smallest absolute Gasteiger partial charge is 0.230 e. The lowest BCUT2D eigenvalue weighted by Crippen LogP contribution is -2.40. The highest BCUT2D eigenvalue weighted by Gasteiger charge is 2.15. The number of amides is 1. The zero-order valence-electron chi connectivity index (χ0n) is 12.4. The Morgan fingerprint density at radius 2 is 2.41 bits per heavy atom. The molecule has 1 amide bonds. The lowest BCUT2D eigenvalue weighted by molar-refractivity contribution is -0.121. The molecule has 22 heavy (non-hydrogen) atoms. The average molecular weight is 321 g/mol. The normalized spacial score (nSPS) is 18.5. The molecular weight excluding hydrogens is 302 g/mol. The van der Waals surface area contributed by atoms with Gasteiger partial charge in [-0.2, -0.15) is 0 Å². The Morgan fingerprint density at radius 1 is 1.50 bits per heavy atom. The molecule has 2 heterocycles. The molecule has 6 nitrogen and oxygen atoms in total. The Labute approximate surface area is 133 Å². The van der Waals surface area contributed by atoms with Crippen molar-refractivity contribution in [1.82, 2.24) is 15.3 Å². The van der Waals surface area contributed by atoms with E-state index in [1.165, 1.54) is 17.3 Å². The van der Waals surface area contributed by atoms with Crippen LogP contribution in [0.3, 0.4) is 0 Å². The van der Waals surface area contributed by atoms with Crippen LogP contribution < -0.4 is 5.32 Å². The quantitative estimate of drug-likeness (QED) is 0.816. The van der Waals surface area contributed by atoms with E-state index in [0.717, 1.165) is 16.2 Å². The molecule has 0 saturated carbocycles. The Kier molecular flexibility index (Phi) is 4.97. The van der Waals surface area contributed by atoms with Crippen molar-refractivity contribution in [2.24, 2.45) is 0 Å². The number of ether oxygens (including phenoxy) is 2. The number of nitrogens with one attached hydrogen (secondary N) is 2. The first kappa shape index (κ1) is 15.3. The second kappa shape index (κ2) is 7.13. The summed E-state index contributed by atoms with van der Waals surface area (Å²) in [7, 11) is 0. The number of aromatic amines is 1. The number of fused-ring (bicyclic) bond motifs is 1. The van der Waals surface area contributed by atoms with Crippen molar-refractivity contribution in [1.29, 1.82) is 0 Å². The van der Waals surface area contributed by atoms with E-state index in [2.05, 4.69) is 15.3 Å². The summed E-state index contributed by atoms with van der Waals surface area (Å²) in [5.41, 5.74) is 3.09. The van der Waals surface area contributed by atoms with Gasteiger partial charge in [0.25, 0.3) is 0 Å². The summed E-state index contributed by atoms with van der Waals surface area (Å²) >= 11 is 1.40. The molecule has 2 aromatic rings. The molecule has 0 bridgehead atoms. The van der Waals surface area contributed by atoms with Gasteiger partial charge in [0.15, 0.2) is 5.16 Å². The van der Waals surface area contributed by atoms with Gasteiger partial charge in [-0.3, -0.25) is 4.79 Å². The van der Waals surface area contributed by atoms with Crippen molar-refractivity contribution in [3.63, 3.8) is 0 Å². The number of hydrogen-bond acceptors (Lipinski definition) is 5. The predicted octanol–water partition coefficient (Wildman–Crippen LogP) is 1.50. The molecule has 1 saturated heterocycles. The summed E-state index contributed by atoms with van der Waals surface area (Å²) in [6.07, 6.45) is -0.0446. The van der Waals surface area contributed by atoms with Crippen LogP contribution in [0.4, 0.5) is 0 Å². The number of benzene rings is 1.